The summed E-state index contributed by atoms with van der Waals surface area (Å²) < 4.78 is 5.31. The van der Waals surface area contributed by atoms with E-state index in [2.05, 4.69) is 10.2 Å². The van der Waals surface area contributed by atoms with Gasteiger partial charge in [-0.3, -0.25) is 4.90 Å². The van der Waals surface area contributed by atoms with Crippen molar-refractivity contribution in [2.24, 2.45) is 0 Å². The van der Waals surface area contributed by atoms with Crippen LogP contribution in [0.5, 0.6) is 5.75 Å². The second-order valence-corrected chi connectivity index (χ2v) is 4.61. The van der Waals surface area contributed by atoms with Gasteiger partial charge in [-0.05, 0) is 25.6 Å². The van der Waals surface area contributed by atoms with Crippen LogP contribution in [-0.4, -0.2) is 49.4 Å². The highest BCUT2D eigenvalue weighted by Gasteiger charge is 2.08. The van der Waals surface area contributed by atoms with Gasteiger partial charge in [0.05, 0.1) is 13.2 Å². The molecule has 4 nitrogen and oxygen atoms in total. The third-order valence-electron chi connectivity index (χ3n) is 3.24. The first-order valence-electron chi connectivity index (χ1n) is 6.64. The predicted molar refractivity (Wildman–Crippen MR) is 71.7 cm³/mol. The first-order valence-corrected chi connectivity index (χ1v) is 6.64. The lowest BCUT2D eigenvalue weighted by molar-refractivity contribution is 0.0374. The zero-order chi connectivity index (χ0) is 12.6. The van der Waals surface area contributed by atoms with Gasteiger partial charge in [0.1, 0.15) is 5.75 Å². The van der Waals surface area contributed by atoms with Crippen molar-refractivity contribution >= 4 is 0 Å². The third kappa shape index (κ3) is 4.29. The maximum atomic E-state index is 9.61. The summed E-state index contributed by atoms with van der Waals surface area (Å²) in [7, 11) is 0. The van der Waals surface area contributed by atoms with E-state index in [-0.39, 0.29) is 0 Å². The van der Waals surface area contributed by atoms with Crippen molar-refractivity contribution in [2.45, 2.75) is 13.0 Å². The molecular weight excluding hydrogens is 228 g/mol. The molecule has 1 heterocycles. The number of hydrogen-bond acceptors (Lipinski definition) is 4. The van der Waals surface area contributed by atoms with Crippen LogP contribution in [0.3, 0.4) is 0 Å². The summed E-state index contributed by atoms with van der Waals surface area (Å²) in [6, 6.07) is 7.47. The smallest absolute Gasteiger partial charge is 0.120 e. The minimum absolute atomic E-state index is 0.373. The molecule has 0 atom stereocenters. The predicted octanol–water partition coefficient (Wildman–Crippen LogP) is 1.20. The maximum absolute atomic E-state index is 9.61. The minimum Gasteiger partial charge on any atom is -0.508 e. The Morgan fingerprint density at radius 2 is 2.00 bits per heavy atom. The fraction of sp³-hybridized carbons (Fsp3) is 0.571. The molecule has 0 bridgehead atoms. The van der Waals surface area contributed by atoms with Crippen LogP contribution in [0.2, 0.25) is 0 Å². The lowest BCUT2D eigenvalue weighted by Crippen LogP contribution is -2.37. The molecule has 0 aromatic heterocycles. The molecule has 1 aliphatic heterocycles. The number of rotatable bonds is 6. The number of phenolic OH excluding ortho intramolecular Hbond substituents is 1. The number of aromatic hydroxyl groups is 1. The van der Waals surface area contributed by atoms with Gasteiger partial charge in [0.25, 0.3) is 0 Å². The van der Waals surface area contributed by atoms with Crippen molar-refractivity contribution in [3.63, 3.8) is 0 Å². The van der Waals surface area contributed by atoms with E-state index in [1.807, 2.05) is 18.2 Å². The Hall–Kier alpha value is -1.10. The number of phenols is 1. The number of ether oxygens (including phenoxy) is 1. The topological polar surface area (TPSA) is 44.7 Å². The zero-order valence-electron chi connectivity index (χ0n) is 10.8. The van der Waals surface area contributed by atoms with E-state index in [0.717, 1.165) is 57.9 Å². The summed E-state index contributed by atoms with van der Waals surface area (Å²) in [5, 5.41) is 13.0. The molecule has 0 aliphatic carbocycles. The molecule has 2 N–H and O–H groups in total. The Labute approximate surface area is 109 Å². The number of hydrogen-bond donors (Lipinski definition) is 2. The molecule has 0 amide bonds. The first-order chi connectivity index (χ1) is 8.86. The molecular formula is C14H22N2O2. The molecule has 1 aromatic rings. The van der Waals surface area contributed by atoms with E-state index in [0.29, 0.717) is 5.75 Å². The SMILES string of the molecule is Oc1ccccc1CNCCCN1CCOCC1. The average molecular weight is 250 g/mol. The van der Waals surface area contributed by atoms with Gasteiger partial charge >= 0.3 is 0 Å². The lowest BCUT2D eigenvalue weighted by Gasteiger charge is -2.26. The molecule has 0 saturated carbocycles. The highest BCUT2D eigenvalue weighted by molar-refractivity contribution is 5.31. The molecule has 0 spiro atoms. The summed E-state index contributed by atoms with van der Waals surface area (Å²) in [5.41, 5.74) is 0.962. The lowest BCUT2D eigenvalue weighted by atomic mass is 10.2. The van der Waals surface area contributed by atoms with Crippen LogP contribution in [-0.2, 0) is 11.3 Å². The fourth-order valence-corrected chi connectivity index (χ4v) is 2.14. The Morgan fingerprint density at radius 3 is 2.78 bits per heavy atom. The normalized spacial score (nSPS) is 16.9. The van der Waals surface area contributed by atoms with Gasteiger partial charge in [-0.2, -0.15) is 0 Å². The maximum Gasteiger partial charge on any atom is 0.120 e. The molecule has 1 saturated heterocycles. The van der Waals surface area contributed by atoms with Crippen LogP contribution in [0.4, 0.5) is 0 Å². The Balaban J connectivity index is 1.57. The number of para-hydroxylation sites is 1. The number of nitrogens with zero attached hydrogens (tertiary/aromatic N) is 1. The monoisotopic (exact) mass is 250 g/mol. The molecule has 4 heteroatoms. The van der Waals surface area contributed by atoms with E-state index < -0.39 is 0 Å². The molecule has 2 rings (SSSR count). The highest BCUT2D eigenvalue weighted by atomic mass is 16.5. The summed E-state index contributed by atoms with van der Waals surface area (Å²) >= 11 is 0. The van der Waals surface area contributed by atoms with E-state index >= 15 is 0 Å². The van der Waals surface area contributed by atoms with Crippen molar-refractivity contribution < 1.29 is 9.84 Å². The van der Waals surface area contributed by atoms with Crippen molar-refractivity contribution in [1.29, 1.82) is 0 Å². The van der Waals surface area contributed by atoms with Crippen molar-refractivity contribution in [3.05, 3.63) is 29.8 Å². The number of benzene rings is 1. The van der Waals surface area contributed by atoms with Crippen LogP contribution in [0.25, 0.3) is 0 Å². The van der Waals surface area contributed by atoms with E-state index in [4.69, 9.17) is 4.74 Å². The van der Waals surface area contributed by atoms with Gasteiger partial charge in [-0.25, -0.2) is 0 Å². The molecule has 1 fully saturated rings. The summed E-state index contributed by atoms with van der Waals surface area (Å²) in [6.07, 6.45) is 1.13. The van der Waals surface area contributed by atoms with E-state index in [1.165, 1.54) is 0 Å². The van der Waals surface area contributed by atoms with Gasteiger partial charge in [0.15, 0.2) is 0 Å². The largest absolute Gasteiger partial charge is 0.508 e. The van der Waals surface area contributed by atoms with Gasteiger partial charge in [0.2, 0.25) is 0 Å². The fourth-order valence-electron chi connectivity index (χ4n) is 2.14. The van der Waals surface area contributed by atoms with E-state index in [1.54, 1.807) is 6.07 Å². The quantitative estimate of drug-likeness (QED) is 0.745. The van der Waals surface area contributed by atoms with Crippen molar-refractivity contribution in [2.75, 3.05) is 39.4 Å². The summed E-state index contributed by atoms with van der Waals surface area (Å²) in [6.45, 7) is 6.67. The Kier molecular flexibility index (Phi) is 5.45. The molecule has 18 heavy (non-hydrogen) atoms. The molecule has 0 radical (unpaired) electrons. The van der Waals surface area contributed by atoms with E-state index in [9.17, 15) is 5.11 Å². The highest BCUT2D eigenvalue weighted by Crippen LogP contribution is 2.14. The Morgan fingerprint density at radius 1 is 1.22 bits per heavy atom. The van der Waals surface area contributed by atoms with Crippen LogP contribution in [0.1, 0.15) is 12.0 Å². The van der Waals surface area contributed by atoms with Crippen LogP contribution in [0, 0.1) is 0 Å². The van der Waals surface area contributed by atoms with Crippen molar-refractivity contribution in [1.82, 2.24) is 10.2 Å². The van der Waals surface area contributed by atoms with Gasteiger partial charge in [-0.15, -0.1) is 0 Å². The Bertz CT molecular complexity index is 351. The van der Waals surface area contributed by atoms with Crippen LogP contribution in [0.15, 0.2) is 24.3 Å². The van der Waals surface area contributed by atoms with Gasteiger partial charge < -0.3 is 15.2 Å². The average Bonchev–Trinajstić information content (AvgIpc) is 2.42. The second kappa shape index (κ2) is 7.36. The van der Waals surface area contributed by atoms with Crippen LogP contribution < -0.4 is 5.32 Å². The molecule has 1 aromatic carbocycles. The summed E-state index contributed by atoms with van der Waals surface area (Å²) in [5.74, 6) is 0.373. The minimum atomic E-state index is 0.373. The van der Waals surface area contributed by atoms with Gasteiger partial charge in [-0.1, -0.05) is 18.2 Å². The number of morpholine rings is 1. The summed E-state index contributed by atoms with van der Waals surface area (Å²) in [4.78, 5) is 2.44. The molecule has 0 unspecified atom stereocenters. The molecule has 100 valence electrons. The molecule has 1 aliphatic rings. The first kappa shape index (κ1) is 13.3. The van der Waals surface area contributed by atoms with Crippen molar-refractivity contribution in [3.8, 4) is 5.75 Å². The number of nitrogens with one attached hydrogen (secondary N) is 1. The second-order valence-electron chi connectivity index (χ2n) is 4.61. The van der Waals surface area contributed by atoms with Crippen LogP contribution >= 0.6 is 0 Å². The standard InChI is InChI=1S/C14H22N2O2/c17-14-5-2-1-4-13(14)12-15-6-3-7-16-8-10-18-11-9-16/h1-2,4-5,15,17H,3,6-12H2. The third-order valence-corrected chi connectivity index (χ3v) is 3.24. The zero-order valence-corrected chi connectivity index (χ0v) is 10.8. The van der Waals surface area contributed by atoms with Gasteiger partial charge in [0, 0.05) is 25.2 Å².